The summed E-state index contributed by atoms with van der Waals surface area (Å²) in [5.41, 5.74) is 1.67. The standard InChI is InChI=1S/C14H14N4O2.C6I2/c19-13(17-9-11-3-1-5-15-7-11)14(20)18-10-12-4-2-6-16-8-12;7-5-3-1-2-4-6-8/h1-8H,9-10H2,(H,17,19)(H,18,20);. The summed E-state index contributed by atoms with van der Waals surface area (Å²) < 4.78 is 5.21. The third-order valence-electron chi connectivity index (χ3n) is 2.84. The maximum atomic E-state index is 11.6. The normalized spacial score (nSPS) is 8.07. The largest absolute Gasteiger partial charge is 0.344 e. The molecule has 8 heteroatoms. The first-order chi connectivity index (χ1) is 13.7. The predicted octanol–water partition coefficient (Wildman–Crippen LogP) is 2.19. The lowest BCUT2D eigenvalue weighted by Crippen LogP contribution is -2.39. The maximum absolute atomic E-state index is 11.6. The number of amides is 2. The minimum absolute atomic E-state index is 0.271. The average molecular weight is 596 g/mol. The third kappa shape index (κ3) is 11.2. The van der Waals surface area contributed by atoms with Gasteiger partial charge in [-0.15, -0.1) is 0 Å². The van der Waals surface area contributed by atoms with Crippen LogP contribution in [0.4, 0.5) is 0 Å². The molecule has 2 N–H and O–H groups in total. The zero-order chi connectivity index (χ0) is 20.5. The molecule has 0 aliphatic heterocycles. The Bertz CT molecular complexity index is 870. The number of aromatic nitrogens is 2. The first kappa shape index (κ1) is 23.4. The SMILES string of the molecule is IC#CC#CC#CI.O=C(NCc1cccnc1)C(=O)NCc1cccnc1. The molecule has 2 aromatic rings. The van der Waals surface area contributed by atoms with E-state index in [0.717, 1.165) is 11.1 Å². The van der Waals surface area contributed by atoms with Gasteiger partial charge in [0.25, 0.3) is 0 Å². The predicted molar refractivity (Wildman–Crippen MR) is 124 cm³/mol. The van der Waals surface area contributed by atoms with Gasteiger partial charge in [0.15, 0.2) is 0 Å². The Balaban J connectivity index is 0.000000416. The number of hydrogen-bond donors (Lipinski definition) is 2. The van der Waals surface area contributed by atoms with Gasteiger partial charge < -0.3 is 10.6 Å². The minimum Gasteiger partial charge on any atom is -0.344 e. The van der Waals surface area contributed by atoms with Crippen LogP contribution in [0.2, 0.25) is 0 Å². The van der Waals surface area contributed by atoms with Crippen molar-refractivity contribution in [2.45, 2.75) is 13.1 Å². The molecule has 6 nitrogen and oxygen atoms in total. The van der Waals surface area contributed by atoms with Crippen LogP contribution in [-0.4, -0.2) is 21.8 Å². The number of nitrogens with zero attached hydrogens (tertiary/aromatic N) is 2. The summed E-state index contributed by atoms with van der Waals surface area (Å²) >= 11 is 3.85. The summed E-state index contributed by atoms with van der Waals surface area (Å²) in [7, 11) is 0. The second-order valence-corrected chi connectivity index (χ2v) is 5.86. The lowest BCUT2D eigenvalue weighted by atomic mass is 10.3. The number of halogens is 2. The molecule has 140 valence electrons. The van der Waals surface area contributed by atoms with Crippen molar-refractivity contribution >= 4 is 57.0 Å². The number of carbonyl (C=O) groups is 2. The van der Waals surface area contributed by atoms with Gasteiger partial charge in [-0.1, -0.05) is 12.1 Å². The van der Waals surface area contributed by atoms with Crippen LogP contribution < -0.4 is 10.6 Å². The van der Waals surface area contributed by atoms with Crippen LogP contribution in [0.3, 0.4) is 0 Å². The van der Waals surface area contributed by atoms with Crippen molar-refractivity contribution in [2.24, 2.45) is 0 Å². The van der Waals surface area contributed by atoms with Crippen LogP contribution in [0.15, 0.2) is 49.1 Å². The van der Waals surface area contributed by atoms with E-state index in [1.54, 1.807) is 36.9 Å². The highest BCUT2D eigenvalue weighted by Gasteiger charge is 2.12. The quantitative estimate of drug-likeness (QED) is 0.323. The van der Waals surface area contributed by atoms with Crippen LogP contribution in [0.5, 0.6) is 0 Å². The first-order valence-electron chi connectivity index (χ1n) is 7.72. The number of hydrogen-bond acceptors (Lipinski definition) is 4. The zero-order valence-electron chi connectivity index (χ0n) is 14.5. The summed E-state index contributed by atoms with van der Waals surface area (Å²) in [6.07, 6.45) is 6.56. The van der Waals surface area contributed by atoms with E-state index in [4.69, 9.17) is 0 Å². The van der Waals surface area contributed by atoms with Gasteiger partial charge in [0.2, 0.25) is 0 Å². The van der Waals surface area contributed by atoms with E-state index in [1.807, 2.05) is 57.3 Å². The number of carbonyl (C=O) groups excluding carboxylic acids is 2. The van der Waals surface area contributed by atoms with Crippen molar-refractivity contribution in [3.05, 3.63) is 60.2 Å². The molecule has 0 atom stereocenters. The molecule has 2 amide bonds. The summed E-state index contributed by atoms with van der Waals surface area (Å²) in [6, 6.07) is 7.18. The van der Waals surface area contributed by atoms with E-state index in [0.29, 0.717) is 0 Å². The molecule has 28 heavy (non-hydrogen) atoms. The van der Waals surface area contributed by atoms with E-state index >= 15 is 0 Å². The van der Waals surface area contributed by atoms with Gasteiger partial charge in [0.05, 0.1) is 0 Å². The van der Waals surface area contributed by atoms with E-state index in [9.17, 15) is 9.59 Å². The molecule has 0 fully saturated rings. The smallest absolute Gasteiger partial charge is 0.309 e. The molecule has 2 heterocycles. The Labute approximate surface area is 191 Å². The van der Waals surface area contributed by atoms with Gasteiger partial charge in [-0.05, 0) is 54.8 Å². The Morgan fingerprint density at radius 3 is 1.54 bits per heavy atom. The summed E-state index contributed by atoms with van der Waals surface area (Å²) in [5.74, 6) is 8.85. The molecular formula is C20H14I2N4O2. The number of pyridine rings is 2. The number of nitrogens with one attached hydrogen (secondary N) is 2. The van der Waals surface area contributed by atoms with Crippen molar-refractivity contribution in [3.8, 4) is 31.5 Å². The lowest BCUT2D eigenvalue weighted by Gasteiger charge is -2.06. The summed E-state index contributed by atoms with van der Waals surface area (Å²) in [4.78, 5) is 31.0. The molecular weight excluding hydrogens is 582 g/mol. The van der Waals surface area contributed by atoms with Gasteiger partial charge in [0, 0.05) is 83.1 Å². The topological polar surface area (TPSA) is 84.0 Å². The fourth-order valence-electron chi connectivity index (χ4n) is 1.64. The van der Waals surface area contributed by atoms with Crippen molar-refractivity contribution in [1.82, 2.24) is 20.6 Å². The van der Waals surface area contributed by atoms with Gasteiger partial charge in [-0.2, -0.15) is 0 Å². The minimum atomic E-state index is -0.669. The molecule has 2 rings (SSSR count). The average Bonchev–Trinajstić information content (AvgIpc) is 2.75. The highest BCUT2D eigenvalue weighted by atomic mass is 127. The third-order valence-corrected chi connectivity index (χ3v) is 3.38. The van der Waals surface area contributed by atoms with Crippen LogP contribution in [0.1, 0.15) is 11.1 Å². The fraction of sp³-hybridized carbons (Fsp3) is 0.100. The van der Waals surface area contributed by atoms with Gasteiger partial charge in [0.1, 0.15) is 0 Å². The van der Waals surface area contributed by atoms with Crippen molar-refractivity contribution in [2.75, 3.05) is 0 Å². The van der Waals surface area contributed by atoms with E-state index < -0.39 is 11.8 Å². The second kappa shape index (κ2) is 15.4. The summed E-state index contributed by atoms with van der Waals surface area (Å²) in [6.45, 7) is 0.542. The zero-order valence-corrected chi connectivity index (χ0v) is 18.8. The van der Waals surface area contributed by atoms with Crippen LogP contribution >= 0.6 is 45.2 Å². The van der Waals surface area contributed by atoms with Crippen LogP contribution in [0.25, 0.3) is 0 Å². The van der Waals surface area contributed by atoms with Gasteiger partial charge >= 0.3 is 11.8 Å². The van der Waals surface area contributed by atoms with Crippen molar-refractivity contribution in [3.63, 3.8) is 0 Å². The molecule has 0 unspecified atom stereocenters. The fourth-order valence-corrected chi connectivity index (χ4v) is 1.91. The Morgan fingerprint density at radius 2 is 1.21 bits per heavy atom. The van der Waals surface area contributed by atoms with E-state index in [-0.39, 0.29) is 13.1 Å². The second-order valence-electron chi connectivity index (χ2n) is 4.78. The van der Waals surface area contributed by atoms with Crippen molar-refractivity contribution < 1.29 is 9.59 Å². The Morgan fingerprint density at radius 1 is 0.786 bits per heavy atom. The Hall–Kier alpha value is -2.62. The van der Waals surface area contributed by atoms with Crippen LogP contribution in [0, 0.1) is 31.5 Å². The molecule has 0 saturated heterocycles. The first-order valence-corrected chi connectivity index (χ1v) is 9.88. The Kier molecular flexibility index (Phi) is 12.9. The highest BCUT2D eigenvalue weighted by molar-refractivity contribution is 14.1. The highest BCUT2D eigenvalue weighted by Crippen LogP contribution is 1.95. The molecule has 0 aromatic carbocycles. The van der Waals surface area contributed by atoms with Gasteiger partial charge in [-0.25, -0.2) is 0 Å². The van der Waals surface area contributed by atoms with Crippen molar-refractivity contribution in [1.29, 1.82) is 0 Å². The molecule has 0 aliphatic carbocycles. The molecule has 0 aliphatic rings. The molecule has 0 spiro atoms. The van der Waals surface area contributed by atoms with E-state index in [1.165, 1.54) is 0 Å². The van der Waals surface area contributed by atoms with Crippen LogP contribution in [-0.2, 0) is 22.7 Å². The molecule has 0 radical (unpaired) electrons. The van der Waals surface area contributed by atoms with E-state index in [2.05, 4.69) is 52.1 Å². The van der Waals surface area contributed by atoms with Gasteiger partial charge in [-0.3, -0.25) is 19.6 Å². The maximum Gasteiger partial charge on any atom is 0.309 e. The lowest BCUT2D eigenvalue weighted by molar-refractivity contribution is -0.139. The molecule has 2 aromatic heterocycles. The summed E-state index contributed by atoms with van der Waals surface area (Å²) in [5, 5.41) is 5.06. The number of rotatable bonds is 4. The monoisotopic (exact) mass is 596 g/mol. The molecule has 0 bridgehead atoms. The molecule has 0 saturated carbocycles.